The van der Waals surface area contributed by atoms with Gasteiger partial charge in [-0.2, -0.15) is 0 Å². The number of carboxylic acids is 1. The van der Waals surface area contributed by atoms with Crippen molar-refractivity contribution in [1.82, 2.24) is 5.32 Å². The molecule has 1 aliphatic heterocycles. The molecular formula is C13H14N2O7. The van der Waals surface area contributed by atoms with E-state index in [1.807, 2.05) is 0 Å². The molecule has 0 aromatic heterocycles. The molecule has 0 saturated carbocycles. The van der Waals surface area contributed by atoms with E-state index in [4.69, 9.17) is 9.47 Å². The lowest BCUT2D eigenvalue weighted by atomic mass is 9.99. The molecular weight excluding hydrogens is 296 g/mol. The number of carbonyl (C=O) groups is 2. The van der Waals surface area contributed by atoms with Crippen molar-refractivity contribution in [3.63, 3.8) is 0 Å². The summed E-state index contributed by atoms with van der Waals surface area (Å²) in [5.41, 5.74) is -1.60. The zero-order chi connectivity index (χ0) is 16.2. The number of nitrogens with zero attached hydrogens (tertiary/aromatic N) is 1. The van der Waals surface area contributed by atoms with Gasteiger partial charge in [0.2, 0.25) is 0 Å². The molecule has 1 aromatic rings. The lowest BCUT2D eigenvalue weighted by Crippen LogP contribution is -2.56. The Bertz CT molecular complexity index is 596. The maximum Gasteiger partial charge on any atom is 0.331 e. The van der Waals surface area contributed by atoms with Crippen LogP contribution >= 0.6 is 0 Å². The number of benzene rings is 1. The summed E-state index contributed by atoms with van der Waals surface area (Å²) in [5.74, 6) is -1.66. The predicted molar refractivity (Wildman–Crippen MR) is 72.5 cm³/mol. The van der Waals surface area contributed by atoms with E-state index in [1.54, 1.807) is 0 Å². The number of nitrogens with one attached hydrogen (secondary N) is 1. The standard InChI is InChI=1S/C13H14N2O7/c16-11(14-13(12(17)18)4-5-21-8-13)7-22-10-3-1-2-9(6-10)15(19)20/h1-3,6H,4-5,7-8H2,(H,14,16)(H,17,18). The quantitative estimate of drug-likeness (QED) is 0.572. The third-order valence-electron chi connectivity index (χ3n) is 3.21. The van der Waals surface area contributed by atoms with Gasteiger partial charge < -0.3 is 19.9 Å². The first-order valence-corrected chi connectivity index (χ1v) is 6.42. The number of carboxylic acid groups (broad SMARTS) is 1. The Kier molecular flexibility index (Phi) is 4.56. The molecule has 1 atom stereocenters. The molecule has 22 heavy (non-hydrogen) atoms. The van der Waals surface area contributed by atoms with Gasteiger partial charge in [0.05, 0.1) is 17.6 Å². The predicted octanol–water partition coefficient (Wildman–Crippen LogP) is 0.333. The Morgan fingerprint density at radius 2 is 2.27 bits per heavy atom. The van der Waals surface area contributed by atoms with Crippen molar-refractivity contribution >= 4 is 17.6 Å². The molecule has 118 valence electrons. The number of nitro benzene ring substituents is 1. The normalized spacial score (nSPS) is 20.4. The van der Waals surface area contributed by atoms with E-state index in [-0.39, 0.29) is 31.1 Å². The van der Waals surface area contributed by atoms with Crippen LogP contribution < -0.4 is 10.1 Å². The highest BCUT2D eigenvalue weighted by molar-refractivity contribution is 5.88. The first-order chi connectivity index (χ1) is 10.4. The van der Waals surface area contributed by atoms with Crippen molar-refractivity contribution in [2.75, 3.05) is 19.8 Å². The fourth-order valence-electron chi connectivity index (χ4n) is 2.02. The summed E-state index contributed by atoms with van der Waals surface area (Å²) < 4.78 is 10.2. The van der Waals surface area contributed by atoms with Crippen LogP contribution in [0.2, 0.25) is 0 Å². The molecule has 1 fully saturated rings. The monoisotopic (exact) mass is 310 g/mol. The third-order valence-corrected chi connectivity index (χ3v) is 3.21. The summed E-state index contributed by atoms with van der Waals surface area (Å²) in [6.07, 6.45) is 0.172. The van der Waals surface area contributed by atoms with E-state index in [2.05, 4.69) is 5.32 Å². The zero-order valence-electron chi connectivity index (χ0n) is 11.5. The number of nitro groups is 1. The summed E-state index contributed by atoms with van der Waals surface area (Å²) in [7, 11) is 0. The van der Waals surface area contributed by atoms with Gasteiger partial charge in [0.25, 0.3) is 11.6 Å². The molecule has 1 heterocycles. The van der Waals surface area contributed by atoms with Crippen molar-refractivity contribution in [3.8, 4) is 5.75 Å². The van der Waals surface area contributed by atoms with Crippen LogP contribution in [0.1, 0.15) is 6.42 Å². The smallest absolute Gasteiger partial charge is 0.331 e. The molecule has 1 aromatic carbocycles. The number of amides is 1. The molecule has 9 nitrogen and oxygen atoms in total. The molecule has 0 aliphatic carbocycles. The molecule has 1 aliphatic rings. The summed E-state index contributed by atoms with van der Waals surface area (Å²) in [6, 6.07) is 5.36. The van der Waals surface area contributed by atoms with Crippen molar-refractivity contribution < 1.29 is 29.1 Å². The molecule has 1 unspecified atom stereocenters. The van der Waals surface area contributed by atoms with Crippen LogP contribution in [0.5, 0.6) is 5.75 Å². The Morgan fingerprint density at radius 1 is 1.50 bits per heavy atom. The molecule has 2 N–H and O–H groups in total. The van der Waals surface area contributed by atoms with Gasteiger partial charge in [0.15, 0.2) is 12.1 Å². The van der Waals surface area contributed by atoms with Gasteiger partial charge >= 0.3 is 5.97 Å². The van der Waals surface area contributed by atoms with Crippen molar-refractivity contribution in [1.29, 1.82) is 0 Å². The number of hydrogen-bond donors (Lipinski definition) is 2. The average Bonchev–Trinajstić information content (AvgIpc) is 2.95. The van der Waals surface area contributed by atoms with Crippen molar-refractivity contribution in [2.24, 2.45) is 0 Å². The maximum atomic E-state index is 11.8. The number of ether oxygens (including phenoxy) is 2. The van der Waals surface area contributed by atoms with Crippen LogP contribution in [0.3, 0.4) is 0 Å². The molecule has 0 bridgehead atoms. The molecule has 0 spiro atoms. The number of non-ortho nitro benzene ring substituents is 1. The number of aliphatic carboxylic acids is 1. The number of rotatable bonds is 6. The second kappa shape index (κ2) is 6.39. The van der Waals surface area contributed by atoms with Crippen LogP contribution in [0.15, 0.2) is 24.3 Å². The van der Waals surface area contributed by atoms with Crippen LogP contribution in [-0.4, -0.2) is 47.3 Å². The minimum absolute atomic E-state index is 0.106. The SMILES string of the molecule is O=C(COc1cccc([N+](=O)[O-])c1)NC1(C(=O)O)CCOC1. The largest absolute Gasteiger partial charge is 0.484 e. The van der Waals surface area contributed by atoms with Crippen LogP contribution in [0, 0.1) is 10.1 Å². The van der Waals surface area contributed by atoms with Crippen molar-refractivity contribution in [3.05, 3.63) is 34.4 Å². The molecule has 1 amide bonds. The number of hydrogen-bond acceptors (Lipinski definition) is 6. The minimum Gasteiger partial charge on any atom is -0.484 e. The van der Waals surface area contributed by atoms with Crippen LogP contribution in [-0.2, 0) is 14.3 Å². The van der Waals surface area contributed by atoms with E-state index in [0.29, 0.717) is 0 Å². The van der Waals surface area contributed by atoms with Gasteiger partial charge in [-0.1, -0.05) is 6.07 Å². The topological polar surface area (TPSA) is 128 Å². The van der Waals surface area contributed by atoms with E-state index in [9.17, 15) is 24.8 Å². The summed E-state index contributed by atoms with van der Waals surface area (Å²) in [5, 5.41) is 22.2. The average molecular weight is 310 g/mol. The minimum atomic E-state index is -1.44. The van der Waals surface area contributed by atoms with Gasteiger partial charge in [-0.3, -0.25) is 14.9 Å². The fourth-order valence-corrected chi connectivity index (χ4v) is 2.02. The Hall–Kier alpha value is -2.68. The molecule has 2 rings (SSSR count). The van der Waals surface area contributed by atoms with Crippen LogP contribution in [0.4, 0.5) is 5.69 Å². The number of carbonyl (C=O) groups excluding carboxylic acids is 1. The lowest BCUT2D eigenvalue weighted by molar-refractivity contribution is -0.384. The molecule has 0 radical (unpaired) electrons. The van der Waals surface area contributed by atoms with Crippen LogP contribution in [0.25, 0.3) is 0 Å². The van der Waals surface area contributed by atoms with E-state index < -0.39 is 28.9 Å². The first-order valence-electron chi connectivity index (χ1n) is 6.42. The summed E-state index contributed by atoms with van der Waals surface area (Å²) >= 11 is 0. The Labute approximate surface area is 125 Å². The van der Waals surface area contributed by atoms with Gasteiger partial charge in [-0.25, -0.2) is 4.79 Å². The van der Waals surface area contributed by atoms with E-state index in [0.717, 1.165) is 0 Å². The molecule has 9 heteroatoms. The highest BCUT2D eigenvalue weighted by Gasteiger charge is 2.43. The molecule has 1 saturated heterocycles. The third kappa shape index (κ3) is 3.50. The summed E-state index contributed by atoms with van der Waals surface area (Å²) in [4.78, 5) is 33.1. The van der Waals surface area contributed by atoms with E-state index >= 15 is 0 Å². The second-order valence-electron chi connectivity index (χ2n) is 4.78. The maximum absolute atomic E-state index is 11.8. The van der Waals surface area contributed by atoms with Gasteiger partial charge in [0.1, 0.15) is 5.75 Å². The zero-order valence-corrected chi connectivity index (χ0v) is 11.5. The van der Waals surface area contributed by atoms with Crippen molar-refractivity contribution in [2.45, 2.75) is 12.0 Å². The van der Waals surface area contributed by atoms with Gasteiger partial charge in [0, 0.05) is 19.1 Å². The first kappa shape index (κ1) is 15.7. The summed E-state index contributed by atoms with van der Waals surface area (Å²) in [6.45, 7) is -0.306. The van der Waals surface area contributed by atoms with Gasteiger partial charge in [-0.05, 0) is 6.07 Å². The fraction of sp³-hybridized carbons (Fsp3) is 0.385. The Morgan fingerprint density at radius 3 is 2.86 bits per heavy atom. The second-order valence-corrected chi connectivity index (χ2v) is 4.78. The Balaban J connectivity index is 1.94. The highest BCUT2D eigenvalue weighted by atomic mass is 16.6. The van der Waals surface area contributed by atoms with E-state index in [1.165, 1.54) is 24.3 Å². The van der Waals surface area contributed by atoms with Gasteiger partial charge in [-0.15, -0.1) is 0 Å². The lowest BCUT2D eigenvalue weighted by Gasteiger charge is -2.23. The highest BCUT2D eigenvalue weighted by Crippen LogP contribution is 2.20.